The molecule has 108 valence electrons. The molecule has 1 fully saturated rings. The SMILES string of the molecule is CC(C)Oc1ccc(NC(=O)C(=S)NC2CCC2)cc1. The van der Waals surface area contributed by atoms with Gasteiger partial charge in [-0.1, -0.05) is 12.2 Å². The van der Waals surface area contributed by atoms with Gasteiger partial charge in [0.15, 0.2) is 4.99 Å². The Morgan fingerprint density at radius 3 is 2.45 bits per heavy atom. The van der Waals surface area contributed by atoms with Crippen LogP contribution in [0.2, 0.25) is 0 Å². The van der Waals surface area contributed by atoms with Crippen molar-refractivity contribution in [2.45, 2.75) is 45.3 Å². The first kappa shape index (κ1) is 14.8. The van der Waals surface area contributed by atoms with Crippen LogP contribution in [0, 0.1) is 0 Å². The Hall–Kier alpha value is -1.62. The Bertz CT molecular complexity index is 481. The number of hydrogen-bond donors (Lipinski definition) is 2. The molecule has 1 aliphatic carbocycles. The fourth-order valence-electron chi connectivity index (χ4n) is 1.88. The van der Waals surface area contributed by atoms with Crippen molar-refractivity contribution in [2.75, 3.05) is 5.32 Å². The number of carbonyl (C=O) groups is 1. The summed E-state index contributed by atoms with van der Waals surface area (Å²) in [5.74, 6) is 0.526. The highest BCUT2D eigenvalue weighted by atomic mass is 32.1. The van der Waals surface area contributed by atoms with Crippen LogP contribution in [0.25, 0.3) is 0 Å². The first-order chi connectivity index (χ1) is 9.54. The molecule has 0 heterocycles. The van der Waals surface area contributed by atoms with E-state index in [9.17, 15) is 4.79 Å². The molecule has 0 atom stereocenters. The second-order valence-corrected chi connectivity index (χ2v) is 5.65. The molecule has 1 aromatic carbocycles. The van der Waals surface area contributed by atoms with Crippen LogP contribution in [0.5, 0.6) is 5.75 Å². The second kappa shape index (κ2) is 6.70. The molecule has 0 bridgehead atoms. The Balaban J connectivity index is 1.85. The molecule has 0 unspecified atom stereocenters. The number of ether oxygens (including phenoxy) is 1. The minimum atomic E-state index is -0.260. The maximum absolute atomic E-state index is 11.9. The van der Waals surface area contributed by atoms with Gasteiger partial charge in [-0.3, -0.25) is 4.79 Å². The molecule has 20 heavy (non-hydrogen) atoms. The number of amides is 1. The summed E-state index contributed by atoms with van der Waals surface area (Å²) >= 11 is 5.09. The first-order valence-corrected chi connectivity index (χ1v) is 7.34. The van der Waals surface area contributed by atoms with Crippen molar-refractivity contribution in [3.8, 4) is 5.75 Å². The van der Waals surface area contributed by atoms with E-state index in [1.54, 1.807) is 0 Å². The van der Waals surface area contributed by atoms with Crippen molar-refractivity contribution < 1.29 is 9.53 Å². The molecule has 4 nitrogen and oxygen atoms in total. The highest BCUT2D eigenvalue weighted by Crippen LogP contribution is 2.19. The number of hydrogen-bond acceptors (Lipinski definition) is 3. The van der Waals surface area contributed by atoms with Gasteiger partial charge in [0.1, 0.15) is 5.75 Å². The third kappa shape index (κ3) is 4.20. The van der Waals surface area contributed by atoms with Crippen LogP contribution < -0.4 is 15.4 Å². The summed E-state index contributed by atoms with van der Waals surface area (Å²) in [5, 5.41) is 5.85. The lowest BCUT2D eigenvalue weighted by Gasteiger charge is -2.27. The van der Waals surface area contributed by atoms with Crippen LogP contribution in [0.3, 0.4) is 0 Å². The zero-order valence-electron chi connectivity index (χ0n) is 11.8. The van der Waals surface area contributed by atoms with E-state index in [0.29, 0.717) is 11.7 Å². The third-order valence-corrected chi connectivity index (χ3v) is 3.43. The van der Waals surface area contributed by atoms with Gasteiger partial charge in [0.25, 0.3) is 5.91 Å². The van der Waals surface area contributed by atoms with Gasteiger partial charge in [-0.25, -0.2) is 0 Å². The van der Waals surface area contributed by atoms with Gasteiger partial charge < -0.3 is 15.4 Å². The second-order valence-electron chi connectivity index (χ2n) is 5.25. The Morgan fingerprint density at radius 1 is 1.30 bits per heavy atom. The van der Waals surface area contributed by atoms with Crippen LogP contribution in [-0.4, -0.2) is 23.0 Å². The molecule has 2 rings (SSSR count). The van der Waals surface area contributed by atoms with Gasteiger partial charge in [0.2, 0.25) is 0 Å². The summed E-state index contributed by atoms with van der Waals surface area (Å²) in [6.45, 7) is 3.94. The van der Waals surface area contributed by atoms with E-state index in [0.717, 1.165) is 18.6 Å². The average molecular weight is 292 g/mol. The molecular weight excluding hydrogens is 272 g/mol. The zero-order valence-corrected chi connectivity index (χ0v) is 12.6. The van der Waals surface area contributed by atoms with Crippen LogP contribution in [0.15, 0.2) is 24.3 Å². The van der Waals surface area contributed by atoms with Crippen molar-refractivity contribution in [3.63, 3.8) is 0 Å². The fourth-order valence-corrected chi connectivity index (χ4v) is 2.10. The maximum Gasteiger partial charge on any atom is 0.283 e. The highest BCUT2D eigenvalue weighted by Gasteiger charge is 2.20. The van der Waals surface area contributed by atoms with Crippen molar-refractivity contribution in [1.82, 2.24) is 5.32 Å². The molecule has 0 radical (unpaired) electrons. The number of carbonyl (C=O) groups excluding carboxylic acids is 1. The normalized spacial score (nSPS) is 14.6. The first-order valence-electron chi connectivity index (χ1n) is 6.93. The number of rotatable bonds is 4. The molecule has 2 N–H and O–H groups in total. The number of benzene rings is 1. The zero-order chi connectivity index (χ0) is 14.5. The molecular formula is C15H20N2O2S. The average Bonchev–Trinajstić information content (AvgIpc) is 2.35. The molecule has 0 spiro atoms. The lowest BCUT2D eigenvalue weighted by Crippen LogP contribution is -2.43. The summed E-state index contributed by atoms with van der Waals surface area (Å²) < 4.78 is 5.55. The lowest BCUT2D eigenvalue weighted by molar-refractivity contribution is -0.110. The largest absolute Gasteiger partial charge is 0.491 e. The number of thiocarbonyl (C=S) groups is 1. The maximum atomic E-state index is 11.9. The highest BCUT2D eigenvalue weighted by molar-refractivity contribution is 7.82. The van der Waals surface area contributed by atoms with Crippen LogP contribution in [0.1, 0.15) is 33.1 Å². The molecule has 1 aliphatic rings. The number of anilines is 1. The van der Waals surface area contributed by atoms with Crippen molar-refractivity contribution in [2.24, 2.45) is 0 Å². The summed E-state index contributed by atoms with van der Waals surface area (Å²) in [4.78, 5) is 12.2. The van der Waals surface area contributed by atoms with Gasteiger partial charge in [-0.05, 0) is 57.4 Å². The van der Waals surface area contributed by atoms with Gasteiger partial charge in [0, 0.05) is 11.7 Å². The summed E-state index contributed by atoms with van der Waals surface area (Å²) in [6.07, 6.45) is 3.53. The van der Waals surface area contributed by atoms with Gasteiger partial charge in [-0.2, -0.15) is 0 Å². The van der Waals surface area contributed by atoms with E-state index in [4.69, 9.17) is 17.0 Å². The molecule has 0 saturated heterocycles. The number of nitrogens with one attached hydrogen (secondary N) is 2. The molecule has 0 aromatic heterocycles. The van der Waals surface area contributed by atoms with E-state index in [2.05, 4.69) is 10.6 Å². The minimum Gasteiger partial charge on any atom is -0.491 e. The molecule has 0 aliphatic heterocycles. The molecule has 1 amide bonds. The van der Waals surface area contributed by atoms with Crippen LogP contribution >= 0.6 is 12.2 Å². The lowest BCUT2D eigenvalue weighted by atomic mass is 9.93. The predicted octanol–water partition coefficient (Wildman–Crippen LogP) is 2.88. The Kier molecular flexibility index (Phi) is 4.95. The van der Waals surface area contributed by atoms with Crippen molar-refractivity contribution in [3.05, 3.63) is 24.3 Å². The summed E-state index contributed by atoms with van der Waals surface area (Å²) in [5.41, 5.74) is 0.712. The van der Waals surface area contributed by atoms with Crippen molar-refractivity contribution in [1.29, 1.82) is 0 Å². The fraction of sp³-hybridized carbons (Fsp3) is 0.467. The molecule has 1 saturated carbocycles. The van der Waals surface area contributed by atoms with Crippen LogP contribution in [-0.2, 0) is 4.79 Å². The predicted molar refractivity (Wildman–Crippen MR) is 84.2 cm³/mol. The van der Waals surface area contributed by atoms with E-state index >= 15 is 0 Å². The monoisotopic (exact) mass is 292 g/mol. The van der Waals surface area contributed by atoms with E-state index < -0.39 is 0 Å². The van der Waals surface area contributed by atoms with Crippen molar-refractivity contribution >= 4 is 28.8 Å². The standard InChI is InChI=1S/C15H20N2O2S/c1-10(2)19-13-8-6-12(7-9-13)16-14(18)15(20)17-11-4-3-5-11/h6-11H,3-5H2,1-2H3,(H,16,18)(H,17,20). The van der Waals surface area contributed by atoms with E-state index in [-0.39, 0.29) is 17.0 Å². The van der Waals surface area contributed by atoms with Gasteiger partial charge >= 0.3 is 0 Å². The van der Waals surface area contributed by atoms with Crippen LogP contribution in [0.4, 0.5) is 5.69 Å². The quantitative estimate of drug-likeness (QED) is 0.838. The minimum absolute atomic E-state index is 0.134. The van der Waals surface area contributed by atoms with Gasteiger partial charge in [-0.15, -0.1) is 0 Å². The summed E-state index contributed by atoms with van der Waals surface area (Å²) in [6, 6.07) is 7.65. The van der Waals surface area contributed by atoms with E-state index in [1.165, 1.54) is 6.42 Å². The topological polar surface area (TPSA) is 50.4 Å². The molecule has 1 aromatic rings. The Morgan fingerprint density at radius 2 is 1.95 bits per heavy atom. The smallest absolute Gasteiger partial charge is 0.283 e. The summed E-state index contributed by atoms with van der Waals surface area (Å²) in [7, 11) is 0. The van der Waals surface area contributed by atoms with E-state index in [1.807, 2.05) is 38.1 Å². The Labute approximate surface area is 124 Å². The van der Waals surface area contributed by atoms with Gasteiger partial charge in [0.05, 0.1) is 6.10 Å². The molecule has 5 heteroatoms. The third-order valence-electron chi connectivity index (χ3n) is 3.13.